The third kappa shape index (κ3) is 3.89. The summed E-state index contributed by atoms with van der Waals surface area (Å²) < 4.78 is 11.4. The second-order valence-electron chi connectivity index (χ2n) is 7.35. The molecule has 0 aromatic carbocycles. The largest absolute Gasteiger partial charge is 0.414 e. The van der Waals surface area contributed by atoms with Crippen molar-refractivity contribution in [2.45, 2.75) is 77.7 Å². The number of cyclic esters (lactones) is 1. The molecule has 0 spiro atoms. The van der Waals surface area contributed by atoms with Gasteiger partial charge < -0.3 is 9.16 Å². The Morgan fingerprint density at radius 2 is 1.89 bits per heavy atom. The molecule has 0 N–H and O–H groups in total. The van der Waals surface area contributed by atoms with Gasteiger partial charge in [-0.1, -0.05) is 20.8 Å². The van der Waals surface area contributed by atoms with Crippen LogP contribution >= 0.6 is 0 Å². The summed E-state index contributed by atoms with van der Waals surface area (Å²) in [5.41, 5.74) is -0.744. The first-order valence-electron chi connectivity index (χ1n) is 6.84. The molecule has 0 radical (unpaired) electrons. The number of hydrogen-bond acceptors (Lipinski definition) is 4. The Labute approximate surface area is 117 Å². The van der Waals surface area contributed by atoms with Crippen LogP contribution in [0.2, 0.25) is 18.1 Å². The van der Waals surface area contributed by atoms with E-state index < -0.39 is 13.9 Å². The molecule has 0 aliphatic carbocycles. The second kappa shape index (κ2) is 5.02. The van der Waals surface area contributed by atoms with Crippen LogP contribution in [0.5, 0.6) is 0 Å². The summed E-state index contributed by atoms with van der Waals surface area (Å²) in [5, 5.41) is 0.175. The molecular weight excluding hydrogens is 258 g/mol. The van der Waals surface area contributed by atoms with E-state index in [0.29, 0.717) is 12.3 Å². The Kier molecular flexibility index (Phi) is 4.32. The van der Waals surface area contributed by atoms with Crippen molar-refractivity contribution in [1.82, 2.24) is 0 Å². The van der Waals surface area contributed by atoms with Gasteiger partial charge in [0, 0.05) is 6.42 Å². The fourth-order valence-electron chi connectivity index (χ4n) is 1.67. The van der Waals surface area contributed by atoms with Crippen molar-refractivity contribution in [1.29, 1.82) is 0 Å². The van der Waals surface area contributed by atoms with Gasteiger partial charge in [0.1, 0.15) is 0 Å². The second-order valence-corrected chi connectivity index (χ2v) is 12.1. The molecule has 1 aliphatic heterocycles. The van der Waals surface area contributed by atoms with Crippen LogP contribution in [0.1, 0.15) is 48.0 Å². The van der Waals surface area contributed by atoms with Gasteiger partial charge in [-0.25, -0.2) is 9.79 Å². The molecule has 1 rings (SSSR count). The van der Waals surface area contributed by atoms with Gasteiger partial charge in [0.25, 0.3) is 0 Å². The predicted molar refractivity (Wildman–Crippen MR) is 80.0 cm³/mol. The Morgan fingerprint density at radius 1 is 1.37 bits per heavy atom. The summed E-state index contributed by atoms with van der Waals surface area (Å²) >= 11 is 0. The molecule has 0 saturated heterocycles. The molecule has 5 heteroatoms. The highest BCUT2D eigenvalue weighted by Gasteiger charge is 2.40. The molecule has 1 unspecified atom stereocenters. The zero-order chi connectivity index (χ0) is 15.1. The molecule has 0 amide bonds. The van der Waals surface area contributed by atoms with Gasteiger partial charge >= 0.3 is 5.97 Å². The van der Waals surface area contributed by atoms with Crippen molar-refractivity contribution in [2.75, 3.05) is 0 Å². The van der Waals surface area contributed by atoms with Crippen molar-refractivity contribution in [2.24, 2.45) is 4.99 Å². The van der Waals surface area contributed by atoms with Gasteiger partial charge in [-0.15, -0.1) is 0 Å². The van der Waals surface area contributed by atoms with Crippen molar-refractivity contribution in [3.8, 4) is 0 Å². The van der Waals surface area contributed by atoms with Crippen molar-refractivity contribution >= 4 is 20.2 Å². The lowest BCUT2D eigenvalue weighted by molar-refractivity contribution is -0.138. The molecule has 0 fully saturated rings. The SMILES string of the molecule is CC(CC1=NC(C)(C)C(=O)O1)O[Si](C)(C)C(C)(C)C. The van der Waals surface area contributed by atoms with E-state index in [-0.39, 0.29) is 17.1 Å². The summed E-state index contributed by atoms with van der Waals surface area (Å²) in [6, 6.07) is 0. The van der Waals surface area contributed by atoms with E-state index in [1.807, 2.05) is 6.92 Å². The Bertz CT molecular complexity index is 394. The molecule has 0 bridgehead atoms. The highest BCUT2D eigenvalue weighted by Crippen LogP contribution is 2.37. The molecule has 0 saturated carbocycles. The van der Waals surface area contributed by atoms with Crippen LogP contribution in [0, 0.1) is 0 Å². The summed E-state index contributed by atoms with van der Waals surface area (Å²) in [6.45, 7) is 16.6. The average molecular weight is 285 g/mol. The summed E-state index contributed by atoms with van der Waals surface area (Å²) in [6.07, 6.45) is 0.572. The molecule has 19 heavy (non-hydrogen) atoms. The van der Waals surface area contributed by atoms with E-state index in [4.69, 9.17) is 9.16 Å². The smallest absolute Gasteiger partial charge is 0.340 e. The van der Waals surface area contributed by atoms with E-state index in [1.165, 1.54) is 0 Å². The lowest BCUT2D eigenvalue weighted by atomic mass is 10.1. The lowest BCUT2D eigenvalue weighted by Crippen LogP contribution is -2.43. The minimum atomic E-state index is -1.79. The van der Waals surface area contributed by atoms with E-state index in [9.17, 15) is 4.79 Å². The topological polar surface area (TPSA) is 47.9 Å². The number of nitrogens with zero attached hydrogens (tertiary/aromatic N) is 1. The molecule has 0 aromatic heterocycles. The number of ether oxygens (including phenoxy) is 1. The van der Waals surface area contributed by atoms with Crippen LogP contribution in [0.3, 0.4) is 0 Å². The summed E-state index contributed by atoms with van der Waals surface area (Å²) in [7, 11) is -1.79. The Morgan fingerprint density at radius 3 is 2.26 bits per heavy atom. The molecule has 4 nitrogen and oxygen atoms in total. The van der Waals surface area contributed by atoms with Gasteiger partial charge in [-0.2, -0.15) is 0 Å². The van der Waals surface area contributed by atoms with Gasteiger partial charge in [-0.3, -0.25) is 0 Å². The third-order valence-electron chi connectivity index (χ3n) is 3.88. The summed E-state index contributed by atoms with van der Waals surface area (Å²) in [4.78, 5) is 15.9. The number of esters is 1. The fourth-order valence-corrected chi connectivity index (χ4v) is 3.11. The monoisotopic (exact) mass is 285 g/mol. The lowest BCUT2D eigenvalue weighted by Gasteiger charge is -2.38. The fraction of sp³-hybridized carbons (Fsp3) is 0.857. The maximum atomic E-state index is 11.6. The first kappa shape index (κ1) is 16.4. The van der Waals surface area contributed by atoms with E-state index in [0.717, 1.165) is 0 Å². The number of rotatable bonds is 4. The Hall–Kier alpha value is -0.683. The average Bonchev–Trinajstić information content (AvgIpc) is 2.36. The van der Waals surface area contributed by atoms with Crippen molar-refractivity contribution < 1.29 is 14.0 Å². The molecule has 0 aromatic rings. The molecule has 1 heterocycles. The standard InChI is InChI=1S/C14H27NO3Si/c1-10(18-19(7,8)13(2,3)4)9-11-15-14(5,6)12(16)17-11/h10H,9H2,1-8H3. The maximum Gasteiger partial charge on any atom is 0.340 e. The highest BCUT2D eigenvalue weighted by atomic mass is 28.4. The van der Waals surface area contributed by atoms with Crippen LogP contribution in [0.15, 0.2) is 4.99 Å². The van der Waals surface area contributed by atoms with E-state index >= 15 is 0 Å². The van der Waals surface area contributed by atoms with Crippen molar-refractivity contribution in [3.63, 3.8) is 0 Å². The minimum absolute atomic E-state index is 0.0151. The first-order chi connectivity index (χ1) is 8.35. The van der Waals surface area contributed by atoms with Crippen molar-refractivity contribution in [3.05, 3.63) is 0 Å². The molecule has 1 atom stereocenters. The molecular formula is C14H27NO3Si. The Balaban J connectivity index is 2.63. The zero-order valence-electron chi connectivity index (χ0n) is 13.5. The normalized spacial score (nSPS) is 21.1. The van der Waals surface area contributed by atoms with Crippen LogP contribution in [0.4, 0.5) is 0 Å². The number of hydrogen-bond donors (Lipinski definition) is 0. The minimum Gasteiger partial charge on any atom is -0.414 e. The number of carbonyl (C=O) groups excluding carboxylic acids is 1. The summed E-state index contributed by atoms with van der Waals surface area (Å²) in [5.74, 6) is 0.225. The molecule has 110 valence electrons. The number of aliphatic imine (C=N–C) groups is 1. The first-order valence-corrected chi connectivity index (χ1v) is 9.75. The van der Waals surface area contributed by atoms with E-state index in [1.54, 1.807) is 13.8 Å². The molecule has 1 aliphatic rings. The van der Waals surface area contributed by atoms with Crippen LogP contribution in [-0.2, 0) is 14.0 Å². The van der Waals surface area contributed by atoms with Gasteiger partial charge in [-0.05, 0) is 38.9 Å². The zero-order valence-corrected chi connectivity index (χ0v) is 14.5. The third-order valence-corrected chi connectivity index (χ3v) is 8.48. The maximum absolute atomic E-state index is 11.6. The van der Waals surface area contributed by atoms with Crippen LogP contribution in [0.25, 0.3) is 0 Å². The van der Waals surface area contributed by atoms with Crippen LogP contribution in [-0.4, -0.2) is 31.8 Å². The predicted octanol–water partition coefficient (Wildman–Crippen LogP) is 3.52. The highest BCUT2D eigenvalue weighted by molar-refractivity contribution is 6.74. The van der Waals surface area contributed by atoms with Gasteiger partial charge in [0.2, 0.25) is 0 Å². The van der Waals surface area contributed by atoms with Crippen LogP contribution < -0.4 is 0 Å². The van der Waals surface area contributed by atoms with Gasteiger partial charge in [0.05, 0.1) is 6.10 Å². The quantitative estimate of drug-likeness (QED) is 0.586. The van der Waals surface area contributed by atoms with Gasteiger partial charge in [0.15, 0.2) is 19.8 Å². The van der Waals surface area contributed by atoms with E-state index in [2.05, 4.69) is 38.9 Å². The number of carbonyl (C=O) groups is 1.